The summed E-state index contributed by atoms with van der Waals surface area (Å²) in [7, 11) is 0. The summed E-state index contributed by atoms with van der Waals surface area (Å²) in [6.45, 7) is 12.0. The summed E-state index contributed by atoms with van der Waals surface area (Å²) in [5, 5.41) is 3.96. The molecule has 0 radical (unpaired) electrons. The number of aryl methyl sites for hydroxylation is 1. The molecule has 6 nitrogen and oxygen atoms in total. The van der Waals surface area contributed by atoms with E-state index in [2.05, 4.69) is 18.8 Å². The van der Waals surface area contributed by atoms with Crippen LogP contribution in [0.5, 0.6) is 11.5 Å². The highest BCUT2D eigenvalue weighted by molar-refractivity contribution is 5.91. The molecular formula is C23H30N2O4. The Labute approximate surface area is 171 Å². The minimum Gasteiger partial charge on any atom is -0.457 e. The molecule has 1 N–H and O–H groups in total. The maximum absolute atomic E-state index is 13.3. The Morgan fingerprint density at radius 1 is 1.24 bits per heavy atom. The monoisotopic (exact) mass is 398 g/mol. The number of pyridine rings is 1. The van der Waals surface area contributed by atoms with Crippen LogP contribution in [0.3, 0.4) is 0 Å². The van der Waals surface area contributed by atoms with Gasteiger partial charge < -0.3 is 19.4 Å². The molecule has 2 rings (SSSR count). The molecule has 0 unspecified atom stereocenters. The number of nitrogens with zero attached hydrogens (tertiary/aromatic N) is 1. The van der Waals surface area contributed by atoms with Crippen molar-refractivity contribution in [3.05, 3.63) is 53.0 Å². The summed E-state index contributed by atoms with van der Waals surface area (Å²) in [6.07, 6.45) is 6.02. The van der Waals surface area contributed by atoms with Gasteiger partial charge in [-0.25, -0.2) is 0 Å². The molecule has 0 saturated heterocycles. The first-order chi connectivity index (χ1) is 14.0. The first-order valence-electron chi connectivity index (χ1n) is 10.0. The number of fused-ring (bicyclic) bond motifs is 1. The molecule has 0 aliphatic rings. The van der Waals surface area contributed by atoms with Gasteiger partial charge >= 0.3 is 5.97 Å². The number of ether oxygens (including phenoxy) is 2. The van der Waals surface area contributed by atoms with E-state index in [0.29, 0.717) is 30.7 Å². The first-order valence-corrected chi connectivity index (χ1v) is 10.0. The van der Waals surface area contributed by atoms with Gasteiger partial charge in [0.1, 0.15) is 0 Å². The van der Waals surface area contributed by atoms with Crippen LogP contribution in [0.25, 0.3) is 10.9 Å². The second kappa shape index (κ2) is 10.5. The van der Waals surface area contributed by atoms with Crippen molar-refractivity contribution < 1.29 is 14.3 Å². The normalized spacial score (nSPS) is 11.4. The lowest BCUT2D eigenvalue weighted by molar-refractivity contribution is -0.132. The summed E-state index contributed by atoms with van der Waals surface area (Å²) < 4.78 is 13.0. The van der Waals surface area contributed by atoms with Crippen molar-refractivity contribution in [3.8, 4) is 11.5 Å². The lowest BCUT2D eigenvalue weighted by Gasteiger charge is -2.19. The Morgan fingerprint density at radius 3 is 2.59 bits per heavy atom. The topological polar surface area (TPSA) is 69.6 Å². The van der Waals surface area contributed by atoms with Gasteiger partial charge in [0.2, 0.25) is 5.75 Å². The number of hydrogen-bond acceptors (Lipinski definition) is 5. The number of unbranched alkanes of at least 4 members (excludes halogenated alkanes) is 1. The maximum Gasteiger partial charge on any atom is 0.308 e. The number of allylic oxidation sites excluding steroid dienone is 2. The molecule has 1 heterocycles. The first kappa shape index (κ1) is 22.3. The zero-order chi connectivity index (χ0) is 21.4. The zero-order valence-corrected chi connectivity index (χ0v) is 17.7. The van der Waals surface area contributed by atoms with E-state index in [0.717, 1.165) is 24.0 Å². The van der Waals surface area contributed by atoms with Crippen LogP contribution in [0.2, 0.25) is 0 Å². The SMILES string of the molecule is C=CCNc1ccc2c(OC(=CC)CC)c(OC(C)=O)c(=O)n(CCCC)c2c1. The van der Waals surface area contributed by atoms with Crippen LogP contribution in [0.1, 0.15) is 47.0 Å². The van der Waals surface area contributed by atoms with Gasteiger partial charge in [0, 0.05) is 37.5 Å². The number of nitrogens with one attached hydrogen (secondary N) is 1. The second-order valence-corrected chi connectivity index (χ2v) is 6.67. The predicted molar refractivity (Wildman–Crippen MR) is 118 cm³/mol. The summed E-state index contributed by atoms with van der Waals surface area (Å²) in [5.74, 6) is 0.342. The Kier molecular flexibility index (Phi) is 8.07. The van der Waals surface area contributed by atoms with Crippen molar-refractivity contribution in [2.75, 3.05) is 11.9 Å². The molecule has 0 fully saturated rings. The van der Waals surface area contributed by atoms with Gasteiger partial charge in [-0.2, -0.15) is 0 Å². The molecule has 1 aromatic carbocycles. The molecule has 156 valence electrons. The largest absolute Gasteiger partial charge is 0.457 e. The van der Waals surface area contributed by atoms with Crippen LogP contribution in [-0.2, 0) is 11.3 Å². The van der Waals surface area contributed by atoms with Gasteiger partial charge in [0.25, 0.3) is 5.56 Å². The van der Waals surface area contributed by atoms with Gasteiger partial charge in [0.05, 0.1) is 11.3 Å². The number of carbonyl (C=O) groups is 1. The Bertz CT molecular complexity index is 973. The molecule has 29 heavy (non-hydrogen) atoms. The van der Waals surface area contributed by atoms with Gasteiger partial charge in [-0.3, -0.25) is 9.59 Å². The maximum atomic E-state index is 13.3. The number of carbonyl (C=O) groups excluding carboxylic acids is 1. The van der Waals surface area contributed by atoms with Crippen molar-refractivity contribution in [1.82, 2.24) is 4.57 Å². The number of esters is 1. The van der Waals surface area contributed by atoms with Crippen molar-refractivity contribution in [2.45, 2.75) is 53.5 Å². The van der Waals surface area contributed by atoms with Gasteiger partial charge in [0.15, 0.2) is 5.75 Å². The average molecular weight is 399 g/mol. The van der Waals surface area contributed by atoms with E-state index in [-0.39, 0.29) is 17.1 Å². The van der Waals surface area contributed by atoms with Gasteiger partial charge in [-0.05, 0) is 37.6 Å². The molecule has 1 aromatic heterocycles. The number of benzene rings is 1. The van der Waals surface area contributed by atoms with E-state index in [4.69, 9.17) is 9.47 Å². The van der Waals surface area contributed by atoms with Crippen molar-refractivity contribution in [3.63, 3.8) is 0 Å². The molecular weight excluding hydrogens is 368 g/mol. The van der Waals surface area contributed by atoms with Crippen LogP contribution in [0, 0.1) is 0 Å². The van der Waals surface area contributed by atoms with E-state index in [1.165, 1.54) is 6.92 Å². The van der Waals surface area contributed by atoms with E-state index in [9.17, 15) is 9.59 Å². The van der Waals surface area contributed by atoms with E-state index < -0.39 is 5.97 Å². The fourth-order valence-corrected chi connectivity index (χ4v) is 3.04. The fraction of sp³-hybridized carbons (Fsp3) is 0.391. The van der Waals surface area contributed by atoms with Gasteiger partial charge in [-0.15, -0.1) is 6.58 Å². The Morgan fingerprint density at radius 2 is 2.00 bits per heavy atom. The van der Waals surface area contributed by atoms with Crippen LogP contribution >= 0.6 is 0 Å². The van der Waals surface area contributed by atoms with Crippen LogP contribution in [0.4, 0.5) is 5.69 Å². The molecule has 2 aromatic rings. The highest BCUT2D eigenvalue weighted by Gasteiger charge is 2.22. The highest BCUT2D eigenvalue weighted by atomic mass is 16.6. The third-order valence-electron chi connectivity index (χ3n) is 4.51. The molecule has 0 aliphatic heterocycles. The van der Waals surface area contributed by atoms with E-state index >= 15 is 0 Å². The minimum absolute atomic E-state index is 0.0688. The molecule has 6 heteroatoms. The Hall–Kier alpha value is -3.02. The van der Waals surface area contributed by atoms with E-state index in [1.54, 1.807) is 10.6 Å². The number of aromatic nitrogens is 1. The van der Waals surface area contributed by atoms with Crippen LogP contribution in [0.15, 0.2) is 47.5 Å². The second-order valence-electron chi connectivity index (χ2n) is 6.67. The average Bonchev–Trinajstić information content (AvgIpc) is 2.71. The quantitative estimate of drug-likeness (QED) is 0.346. The standard InChI is InChI=1S/C23H30N2O4/c1-6-10-14-25-20-15-17(24-13-7-2)11-12-19(20)21(29-18(8-3)9-4)22(23(25)27)28-16(5)26/h7-8,11-12,15,24H,2,6,9-10,13-14H2,1,3-5H3. The molecule has 0 bridgehead atoms. The molecule has 0 saturated carbocycles. The molecule has 0 aliphatic carbocycles. The molecule has 0 spiro atoms. The van der Waals surface area contributed by atoms with Crippen LogP contribution in [-0.4, -0.2) is 17.1 Å². The smallest absolute Gasteiger partial charge is 0.308 e. The Balaban J connectivity index is 2.82. The molecule has 0 amide bonds. The van der Waals surface area contributed by atoms with Crippen LogP contribution < -0.4 is 20.3 Å². The summed E-state index contributed by atoms with van der Waals surface area (Å²) in [4.78, 5) is 25.0. The summed E-state index contributed by atoms with van der Waals surface area (Å²) in [6, 6.07) is 5.71. The summed E-state index contributed by atoms with van der Waals surface area (Å²) in [5.41, 5.74) is 1.23. The predicted octanol–water partition coefficient (Wildman–Crippen LogP) is 5.02. The fourth-order valence-electron chi connectivity index (χ4n) is 3.04. The van der Waals surface area contributed by atoms with Gasteiger partial charge in [-0.1, -0.05) is 26.3 Å². The van der Waals surface area contributed by atoms with Crippen molar-refractivity contribution in [2.24, 2.45) is 0 Å². The number of anilines is 1. The van der Waals surface area contributed by atoms with E-state index in [1.807, 2.05) is 38.1 Å². The lowest BCUT2D eigenvalue weighted by Crippen LogP contribution is -2.25. The lowest BCUT2D eigenvalue weighted by atomic mass is 10.1. The third kappa shape index (κ3) is 5.28. The third-order valence-corrected chi connectivity index (χ3v) is 4.51. The highest BCUT2D eigenvalue weighted by Crippen LogP contribution is 2.36. The molecule has 0 atom stereocenters. The zero-order valence-electron chi connectivity index (χ0n) is 17.7. The number of rotatable bonds is 10. The van der Waals surface area contributed by atoms with Crippen molar-refractivity contribution in [1.29, 1.82) is 0 Å². The summed E-state index contributed by atoms with van der Waals surface area (Å²) >= 11 is 0. The number of hydrogen-bond donors (Lipinski definition) is 1. The van der Waals surface area contributed by atoms with Crippen molar-refractivity contribution >= 4 is 22.6 Å². The minimum atomic E-state index is -0.559.